The van der Waals surface area contributed by atoms with Gasteiger partial charge in [0, 0.05) is 6.04 Å². The minimum absolute atomic E-state index is 0.106. The summed E-state index contributed by atoms with van der Waals surface area (Å²) in [6.45, 7) is -0.608. The summed E-state index contributed by atoms with van der Waals surface area (Å²) in [6.07, 6.45) is 5.19. The molecule has 7 nitrogen and oxygen atoms in total. The molecular weight excluding hydrogens is 236 g/mol. The molecule has 18 heavy (non-hydrogen) atoms. The molecule has 1 aliphatic carbocycles. The third-order valence-corrected chi connectivity index (χ3v) is 2.91. The lowest BCUT2D eigenvalue weighted by molar-refractivity contribution is -0.120. The molecule has 0 aliphatic heterocycles. The van der Waals surface area contributed by atoms with Gasteiger partial charge >= 0.3 is 6.03 Å². The van der Waals surface area contributed by atoms with E-state index >= 15 is 0 Å². The van der Waals surface area contributed by atoms with Gasteiger partial charge < -0.3 is 21.7 Å². The van der Waals surface area contributed by atoms with Gasteiger partial charge in [-0.3, -0.25) is 9.59 Å². The normalized spacial score (nSPS) is 16.0. The summed E-state index contributed by atoms with van der Waals surface area (Å²) in [6, 6.07) is -0.353. The summed E-state index contributed by atoms with van der Waals surface area (Å²) < 4.78 is 0. The molecule has 0 atom stereocenters. The van der Waals surface area contributed by atoms with E-state index in [1.54, 1.807) is 0 Å². The van der Waals surface area contributed by atoms with Gasteiger partial charge in [-0.05, 0) is 12.8 Å². The van der Waals surface area contributed by atoms with E-state index in [0.29, 0.717) is 0 Å². The lowest BCUT2D eigenvalue weighted by Gasteiger charge is -2.27. The monoisotopic (exact) mass is 256 g/mol. The molecule has 5 N–H and O–H groups in total. The minimum atomic E-state index is -0.671. The van der Waals surface area contributed by atoms with E-state index in [4.69, 9.17) is 11.5 Å². The predicted molar refractivity (Wildman–Crippen MR) is 65.4 cm³/mol. The largest absolute Gasteiger partial charge is 0.368 e. The Balaban J connectivity index is 2.51. The zero-order valence-electron chi connectivity index (χ0n) is 10.4. The average Bonchev–Trinajstić information content (AvgIpc) is 2.28. The Hall–Kier alpha value is -1.79. The number of primary amides is 2. The molecule has 0 saturated heterocycles. The number of nitrogens with two attached hydrogens (primary N) is 2. The van der Waals surface area contributed by atoms with Gasteiger partial charge in [0.1, 0.15) is 13.1 Å². The molecule has 102 valence electrons. The maximum Gasteiger partial charge on any atom is 0.318 e. The highest BCUT2D eigenvalue weighted by atomic mass is 16.2. The van der Waals surface area contributed by atoms with Gasteiger partial charge in [0.15, 0.2) is 0 Å². The first-order valence-electron chi connectivity index (χ1n) is 6.11. The van der Waals surface area contributed by atoms with Crippen LogP contribution in [0.4, 0.5) is 4.79 Å². The van der Waals surface area contributed by atoms with E-state index < -0.39 is 17.8 Å². The minimum Gasteiger partial charge on any atom is -0.368 e. The van der Waals surface area contributed by atoms with Crippen LogP contribution in [0.3, 0.4) is 0 Å². The summed E-state index contributed by atoms with van der Waals surface area (Å²) in [4.78, 5) is 34.6. The maximum absolute atomic E-state index is 11.9. The number of hydrogen-bond donors (Lipinski definition) is 3. The third kappa shape index (κ3) is 5.03. The number of hydrogen-bond acceptors (Lipinski definition) is 3. The van der Waals surface area contributed by atoms with E-state index in [9.17, 15) is 14.4 Å². The van der Waals surface area contributed by atoms with Crippen LogP contribution in [-0.2, 0) is 9.59 Å². The summed E-state index contributed by atoms with van der Waals surface area (Å²) >= 11 is 0. The highest BCUT2D eigenvalue weighted by Gasteiger charge is 2.22. The lowest BCUT2D eigenvalue weighted by Crippen LogP contribution is -2.50. The highest BCUT2D eigenvalue weighted by Crippen LogP contribution is 2.17. The fraction of sp³-hybridized carbons (Fsp3) is 0.727. The fourth-order valence-corrected chi connectivity index (χ4v) is 2.09. The molecule has 0 radical (unpaired) electrons. The molecule has 0 aromatic heterocycles. The van der Waals surface area contributed by atoms with Crippen molar-refractivity contribution in [1.82, 2.24) is 10.2 Å². The zero-order chi connectivity index (χ0) is 13.5. The van der Waals surface area contributed by atoms with Gasteiger partial charge in [0.25, 0.3) is 0 Å². The molecular formula is C11H20N4O3. The van der Waals surface area contributed by atoms with Gasteiger partial charge in [-0.1, -0.05) is 19.3 Å². The SMILES string of the molecule is NC(=O)CN(CC(N)=O)C(=O)NC1CCCCC1. The standard InChI is InChI=1S/C11H20N4O3/c12-9(16)6-15(7-10(13)17)11(18)14-8-4-2-1-3-5-8/h8H,1-7H2,(H2,12,16)(H2,13,17)(H,14,18). The van der Waals surface area contributed by atoms with Crippen LogP contribution in [0.5, 0.6) is 0 Å². The van der Waals surface area contributed by atoms with E-state index in [-0.39, 0.29) is 19.1 Å². The molecule has 0 aromatic rings. The second kappa shape index (κ2) is 6.83. The topological polar surface area (TPSA) is 119 Å². The molecule has 0 unspecified atom stereocenters. The second-order valence-electron chi connectivity index (χ2n) is 4.57. The second-order valence-corrected chi connectivity index (χ2v) is 4.57. The Labute approximate surface area is 106 Å². The van der Waals surface area contributed by atoms with Crippen molar-refractivity contribution in [2.75, 3.05) is 13.1 Å². The first-order chi connectivity index (χ1) is 8.49. The number of carbonyl (C=O) groups is 3. The van der Waals surface area contributed by atoms with Crippen LogP contribution in [0.15, 0.2) is 0 Å². The fourth-order valence-electron chi connectivity index (χ4n) is 2.09. The summed E-state index contributed by atoms with van der Waals surface area (Å²) in [5, 5.41) is 2.80. The average molecular weight is 256 g/mol. The van der Waals surface area contributed by atoms with Crippen molar-refractivity contribution in [2.24, 2.45) is 11.5 Å². The van der Waals surface area contributed by atoms with E-state index in [2.05, 4.69) is 5.32 Å². The van der Waals surface area contributed by atoms with Crippen LogP contribution in [0.2, 0.25) is 0 Å². The molecule has 1 aliphatic rings. The van der Waals surface area contributed by atoms with Crippen molar-refractivity contribution in [3.8, 4) is 0 Å². The van der Waals surface area contributed by atoms with Crippen LogP contribution in [0.25, 0.3) is 0 Å². The number of rotatable bonds is 5. The van der Waals surface area contributed by atoms with Crippen molar-refractivity contribution in [3.63, 3.8) is 0 Å². The molecule has 0 aromatic carbocycles. The van der Waals surface area contributed by atoms with Gasteiger partial charge in [-0.25, -0.2) is 4.79 Å². The molecule has 7 heteroatoms. The lowest BCUT2D eigenvalue weighted by atomic mass is 9.96. The van der Waals surface area contributed by atoms with Gasteiger partial charge in [-0.15, -0.1) is 0 Å². The molecule has 1 saturated carbocycles. The van der Waals surface area contributed by atoms with Crippen LogP contribution in [-0.4, -0.2) is 41.9 Å². The number of nitrogens with zero attached hydrogens (tertiary/aromatic N) is 1. The predicted octanol–water partition coefficient (Wildman–Crippen LogP) is -0.699. The summed E-state index contributed by atoms with van der Waals surface area (Å²) in [7, 11) is 0. The Morgan fingerprint density at radius 3 is 1.94 bits per heavy atom. The molecule has 1 rings (SSSR count). The number of urea groups is 1. The van der Waals surface area contributed by atoms with Crippen molar-refractivity contribution in [3.05, 3.63) is 0 Å². The van der Waals surface area contributed by atoms with Gasteiger partial charge in [0.05, 0.1) is 0 Å². The third-order valence-electron chi connectivity index (χ3n) is 2.91. The first-order valence-corrected chi connectivity index (χ1v) is 6.11. The van der Waals surface area contributed by atoms with Crippen molar-refractivity contribution in [2.45, 2.75) is 38.1 Å². The van der Waals surface area contributed by atoms with Crippen LogP contribution < -0.4 is 16.8 Å². The molecule has 4 amide bonds. The van der Waals surface area contributed by atoms with Crippen molar-refractivity contribution in [1.29, 1.82) is 0 Å². The van der Waals surface area contributed by atoms with Crippen LogP contribution in [0, 0.1) is 0 Å². The van der Waals surface area contributed by atoms with Gasteiger partial charge in [0.2, 0.25) is 11.8 Å². The smallest absolute Gasteiger partial charge is 0.318 e. The maximum atomic E-state index is 11.9. The van der Waals surface area contributed by atoms with Gasteiger partial charge in [-0.2, -0.15) is 0 Å². The number of nitrogens with one attached hydrogen (secondary N) is 1. The van der Waals surface area contributed by atoms with Crippen LogP contribution >= 0.6 is 0 Å². The van der Waals surface area contributed by atoms with E-state index in [0.717, 1.165) is 30.6 Å². The molecule has 1 fully saturated rings. The Kier molecular flexibility index (Phi) is 5.41. The molecule has 0 heterocycles. The quantitative estimate of drug-likeness (QED) is 0.603. The van der Waals surface area contributed by atoms with E-state index in [1.807, 2.05) is 0 Å². The van der Waals surface area contributed by atoms with Crippen molar-refractivity contribution < 1.29 is 14.4 Å². The number of carbonyl (C=O) groups excluding carboxylic acids is 3. The Morgan fingerprint density at radius 1 is 1.00 bits per heavy atom. The van der Waals surface area contributed by atoms with Crippen LogP contribution in [0.1, 0.15) is 32.1 Å². The molecule has 0 spiro atoms. The summed E-state index contributed by atoms with van der Waals surface area (Å²) in [5.74, 6) is -1.34. The molecule has 0 bridgehead atoms. The first kappa shape index (κ1) is 14.3. The summed E-state index contributed by atoms with van der Waals surface area (Å²) in [5.41, 5.74) is 10.1. The zero-order valence-corrected chi connectivity index (χ0v) is 10.4. The van der Waals surface area contributed by atoms with Crippen molar-refractivity contribution >= 4 is 17.8 Å². The number of amides is 4. The van der Waals surface area contributed by atoms with E-state index in [1.165, 1.54) is 6.42 Å². The highest BCUT2D eigenvalue weighted by molar-refractivity contribution is 5.87. The Bertz CT molecular complexity index is 310. The Morgan fingerprint density at radius 2 is 1.50 bits per heavy atom.